The third-order valence-electron chi connectivity index (χ3n) is 1.46. The number of hydrogen-bond donors (Lipinski definition) is 2. The molecule has 0 aliphatic heterocycles. The number of hydrogen-bond acceptors (Lipinski definition) is 2. The van der Waals surface area contributed by atoms with Crippen LogP contribution in [0, 0.1) is 0 Å². The van der Waals surface area contributed by atoms with Crippen LogP contribution < -0.4 is 0 Å². The lowest BCUT2D eigenvalue weighted by molar-refractivity contribution is -0.146. The van der Waals surface area contributed by atoms with Crippen molar-refractivity contribution in [1.29, 1.82) is 0 Å². The zero-order chi connectivity index (χ0) is 9.90. The smallest absolute Gasteiger partial charge is 0.332 e. The van der Waals surface area contributed by atoms with Gasteiger partial charge in [0.2, 0.25) is 0 Å². The molecule has 3 heteroatoms. The lowest BCUT2D eigenvalue weighted by Gasteiger charge is -2.03. The Hall–Kier alpha value is -1.35. The van der Waals surface area contributed by atoms with E-state index >= 15 is 0 Å². The molecule has 0 spiro atoms. The Labute approximate surface area is 71.7 Å². The summed E-state index contributed by atoms with van der Waals surface area (Å²) in [4.78, 5) is 10.4. The van der Waals surface area contributed by atoms with Crippen LogP contribution in [0.25, 0.3) is 0 Å². The zero-order valence-electron chi connectivity index (χ0n) is 7.40. The summed E-state index contributed by atoms with van der Waals surface area (Å²) in [6.45, 7) is 0. The summed E-state index contributed by atoms with van der Waals surface area (Å²) in [6.07, 6.45) is -2.63. The molecular formula is C9H10O3. The van der Waals surface area contributed by atoms with E-state index in [1.165, 1.54) is 0 Å². The second-order valence-corrected chi connectivity index (χ2v) is 2.41. The Morgan fingerprint density at radius 1 is 1.50 bits per heavy atom. The van der Waals surface area contributed by atoms with Crippen LogP contribution >= 0.6 is 0 Å². The van der Waals surface area contributed by atoms with Gasteiger partial charge in [0.25, 0.3) is 0 Å². The molecule has 1 aromatic carbocycles. The summed E-state index contributed by atoms with van der Waals surface area (Å²) in [5, 5.41) is 17.6. The Kier molecular flexibility index (Phi) is 2.36. The average molecular weight is 168 g/mol. The molecule has 64 valence electrons. The molecule has 0 saturated carbocycles. The van der Waals surface area contributed by atoms with E-state index in [0.717, 1.165) is 0 Å². The van der Waals surface area contributed by atoms with Gasteiger partial charge in [0.1, 0.15) is 0 Å². The Balaban J connectivity index is 2.75. The summed E-state index contributed by atoms with van der Waals surface area (Å²) < 4.78 is 7.07. The monoisotopic (exact) mass is 168 g/mol. The highest BCUT2D eigenvalue weighted by atomic mass is 16.4. The number of rotatable bonds is 3. The van der Waals surface area contributed by atoms with Crippen molar-refractivity contribution in [2.45, 2.75) is 12.5 Å². The summed E-state index contributed by atoms with van der Waals surface area (Å²) in [7, 11) is 0. The molecule has 1 aromatic rings. The predicted molar refractivity (Wildman–Crippen MR) is 43.8 cm³/mol. The molecule has 1 unspecified atom stereocenters. The van der Waals surface area contributed by atoms with E-state index in [1.807, 2.05) is 0 Å². The maximum atomic E-state index is 10.4. The second kappa shape index (κ2) is 3.88. The van der Waals surface area contributed by atoms with Crippen LogP contribution in [-0.4, -0.2) is 22.3 Å². The first-order chi connectivity index (χ1) is 6.02. The lowest BCUT2D eigenvalue weighted by Crippen LogP contribution is -2.21. The first kappa shape index (κ1) is 7.31. The molecule has 0 bridgehead atoms. The number of carboxylic acid groups (broad SMARTS) is 1. The summed E-state index contributed by atoms with van der Waals surface area (Å²) in [5.41, 5.74) is 0.627. The topological polar surface area (TPSA) is 57.5 Å². The van der Waals surface area contributed by atoms with Gasteiger partial charge in [-0.05, 0) is 5.56 Å². The standard InChI is InChI=1S/C9H10O3/c10-8(9(11)12)6-7-4-2-1-3-5-7/h1-5,8,10H,6H2,(H,11,12)/i8+1D. The minimum absolute atomic E-state index is 0.205. The molecule has 1 rings (SSSR count). The molecule has 0 radical (unpaired) electrons. The molecule has 0 amide bonds. The molecule has 2 N–H and O–H groups in total. The second-order valence-electron chi connectivity index (χ2n) is 2.41. The van der Waals surface area contributed by atoms with Crippen molar-refractivity contribution in [2.75, 3.05) is 0 Å². The van der Waals surface area contributed by atoms with E-state index in [2.05, 4.69) is 0 Å². The Morgan fingerprint density at radius 3 is 2.58 bits per heavy atom. The van der Waals surface area contributed by atoms with E-state index < -0.39 is 12.0 Å². The fourth-order valence-corrected chi connectivity index (χ4v) is 0.865. The molecule has 0 fully saturated rings. The molecule has 0 aliphatic rings. The molecule has 3 nitrogen and oxygen atoms in total. The summed E-state index contributed by atoms with van der Waals surface area (Å²) in [6, 6.07) is 8.58. The highest BCUT2D eigenvalue weighted by molar-refractivity contribution is 5.72. The predicted octanol–water partition coefficient (Wildman–Crippen LogP) is 0.675. The van der Waals surface area contributed by atoms with E-state index in [0.29, 0.717) is 5.56 Å². The van der Waals surface area contributed by atoms with Crippen molar-refractivity contribution >= 4 is 5.97 Å². The molecule has 0 heterocycles. The number of aliphatic hydroxyl groups is 1. The van der Waals surface area contributed by atoms with E-state index in [1.54, 1.807) is 30.3 Å². The highest BCUT2D eigenvalue weighted by Gasteiger charge is 2.12. The van der Waals surface area contributed by atoms with Gasteiger partial charge in [-0.15, -0.1) is 0 Å². The van der Waals surface area contributed by atoms with Crippen LogP contribution in [0.2, 0.25) is 0 Å². The van der Waals surface area contributed by atoms with Crippen LogP contribution in [0.15, 0.2) is 30.3 Å². The van der Waals surface area contributed by atoms with Crippen molar-refractivity contribution in [3.63, 3.8) is 0 Å². The Bertz CT molecular complexity index is 295. The first-order valence-corrected chi connectivity index (χ1v) is 3.52. The third-order valence-corrected chi connectivity index (χ3v) is 1.46. The van der Waals surface area contributed by atoms with Gasteiger partial charge in [-0.2, -0.15) is 0 Å². The van der Waals surface area contributed by atoms with Crippen molar-refractivity contribution in [2.24, 2.45) is 0 Å². The Morgan fingerprint density at radius 2 is 2.08 bits per heavy atom. The average Bonchev–Trinajstić information content (AvgIpc) is 2.05. The fraction of sp³-hybridized carbons (Fsp3) is 0.222. The van der Waals surface area contributed by atoms with E-state index in [9.17, 15) is 4.79 Å². The highest BCUT2D eigenvalue weighted by Crippen LogP contribution is 2.02. The fourth-order valence-electron chi connectivity index (χ4n) is 0.865. The number of carbonyl (C=O) groups is 1. The van der Waals surface area contributed by atoms with Crippen LogP contribution in [-0.2, 0) is 11.2 Å². The molecule has 1 atom stereocenters. The van der Waals surface area contributed by atoms with Crippen LogP contribution in [0.4, 0.5) is 0 Å². The maximum Gasteiger partial charge on any atom is 0.332 e. The van der Waals surface area contributed by atoms with Gasteiger partial charge in [0, 0.05) is 6.42 Å². The van der Waals surface area contributed by atoms with Gasteiger partial charge in [0.15, 0.2) is 6.08 Å². The van der Waals surface area contributed by atoms with Gasteiger partial charge in [-0.25, -0.2) is 4.79 Å². The van der Waals surface area contributed by atoms with Gasteiger partial charge in [-0.3, -0.25) is 0 Å². The molecule has 0 saturated heterocycles. The van der Waals surface area contributed by atoms with Gasteiger partial charge in [-0.1, -0.05) is 30.3 Å². The van der Waals surface area contributed by atoms with Crippen molar-refractivity contribution in [3.8, 4) is 0 Å². The lowest BCUT2D eigenvalue weighted by atomic mass is 10.2. The minimum Gasteiger partial charge on any atom is -0.479 e. The summed E-state index contributed by atoms with van der Waals surface area (Å²) in [5.74, 6) is -1.53. The minimum atomic E-state index is -2.43. The zero-order valence-corrected chi connectivity index (χ0v) is 6.40. The third kappa shape index (κ3) is 2.36. The van der Waals surface area contributed by atoms with E-state index in [4.69, 9.17) is 11.6 Å². The molecule has 0 aromatic heterocycles. The summed E-state index contributed by atoms with van der Waals surface area (Å²) >= 11 is 0. The van der Waals surface area contributed by atoms with Gasteiger partial charge >= 0.3 is 5.97 Å². The van der Waals surface area contributed by atoms with Crippen molar-refractivity contribution in [1.82, 2.24) is 0 Å². The van der Waals surface area contributed by atoms with Crippen molar-refractivity contribution < 1.29 is 16.4 Å². The van der Waals surface area contributed by atoms with Gasteiger partial charge in [0.05, 0.1) is 1.37 Å². The maximum absolute atomic E-state index is 10.4. The quantitative estimate of drug-likeness (QED) is 0.652. The normalized spacial score (nSPS) is 16.2. The number of carboxylic acids is 1. The molecule has 12 heavy (non-hydrogen) atoms. The van der Waals surface area contributed by atoms with Crippen molar-refractivity contribution in [3.05, 3.63) is 35.9 Å². The largest absolute Gasteiger partial charge is 0.479 e. The molecular weight excluding hydrogens is 157 g/mol. The number of benzene rings is 1. The molecule has 0 aliphatic carbocycles. The first-order valence-electron chi connectivity index (χ1n) is 4.02. The number of aliphatic carboxylic acids is 1. The van der Waals surface area contributed by atoms with Crippen LogP contribution in [0.5, 0.6) is 0 Å². The van der Waals surface area contributed by atoms with E-state index in [-0.39, 0.29) is 6.42 Å². The van der Waals surface area contributed by atoms with Crippen LogP contribution in [0.1, 0.15) is 6.93 Å². The SMILES string of the molecule is [2H][13C](O)(Cc1ccccc1)C(=O)O. The van der Waals surface area contributed by atoms with Gasteiger partial charge < -0.3 is 10.2 Å². The van der Waals surface area contributed by atoms with Crippen LogP contribution in [0.3, 0.4) is 0 Å².